The van der Waals surface area contributed by atoms with Gasteiger partial charge in [0.05, 0.1) is 13.2 Å². The lowest BCUT2D eigenvalue weighted by Crippen LogP contribution is -2.38. The molecule has 0 rings (SSSR count). The third-order valence-corrected chi connectivity index (χ3v) is 1.00. The topological polar surface area (TPSA) is 61.6 Å². The molecule has 0 aromatic heterocycles. The van der Waals surface area contributed by atoms with Crippen molar-refractivity contribution in [2.45, 2.75) is 13.0 Å². The van der Waals surface area contributed by atoms with E-state index in [0.29, 0.717) is 6.61 Å². The highest BCUT2D eigenvalue weighted by Gasteiger charge is 2.37. The van der Waals surface area contributed by atoms with E-state index in [9.17, 15) is 13.6 Å². The average molecular weight is 183 g/mol. The molecule has 0 atom stereocenters. The van der Waals surface area contributed by atoms with Crippen LogP contribution >= 0.6 is 0 Å². The van der Waals surface area contributed by atoms with Gasteiger partial charge in [0.15, 0.2) is 0 Å². The van der Waals surface area contributed by atoms with E-state index in [1.165, 1.54) is 0 Å². The summed E-state index contributed by atoms with van der Waals surface area (Å²) in [4.78, 5) is 9.99. The zero-order chi connectivity index (χ0) is 9.61. The summed E-state index contributed by atoms with van der Waals surface area (Å²) in [5.74, 6) is -1.79. The van der Waals surface area contributed by atoms with Crippen molar-refractivity contribution in [1.82, 2.24) is 0 Å². The van der Waals surface area contributed by atoms with Crippen LogP contribution < -0.4 is 5.73 Å². The molecule has 0 aromatic carbocycles. The predicted octanol–water partition coefficient (Wildman–Crippen LogP) is 0.118. The van der Waals surface area contributed by atoms with Gasteiger partial charge in [0.2, 0.25) is 0 Å². The Labute approximate surface area is 68.6 Å². The van der Waals surface area contributed by atoms with E-state index in [4.69, 9.17) is 4.74 Å². The van der Waals surface area contributed by atoms with Crippen LogP contribution in [0.15, 0.2) is 0 Å². The van der Waals surface area contributed by atoms with Crippen molar-refractivity contribution >= 4 is 5.91 Å². The van der Waals surface area contributed by atoms with E-state index in [1.807, 2.05) is 0 Å². The Morgan fingerprint density at radius 2 is 2.08 bits per heavy atom. The van der Waals surface area contributed by atoms with Crippen LogP contribution in [0, 0.1) is 0 Å². The molecule has 0 spiro atoms. The van der Waals surface area contributed by atoms with Crippen molar-refractivity contribution < 1.29 is 23.0 Å². The SMILES string of the molecule is CCOCCOC(F)(F)C(N)=O. The second-order valence-electron chi connectivity index (χ2n) is 1.93. The summed E-state index contributed by atoms with van der Waals surface area (Å²) in [6.45, 7) is 1.78. The van der Waals surface area contributed by atoms with E-state index in [2.05, 4.69) is 10.5 Å². The Morgan fingerprint density at radius 1 is 1.50 bits per heavy atom. The molecular formula is C6H11F2NO3. The minimum atomic E-state index is -3.89. The molecule has 0 aromatic rings. The second-order valence-corrected chi connectivity index (χ2v) is 1.93. The summed E-state index contributed by atoms with van der Waals surface area (Å²) in [6.07, 6.45) is -3.89. The smallest absolute Gasteiger partial charge is 0.379 e. The Balaban J connectivity index is 3.54. The maximum Gasteiger partial charge on any atom is 0.436 e. The summed E-state index contributed by atoms with van der Waals surface area (Å²) in [5, 5.41) is 0. The van der Waals surface area contributed by atoms with Crippen molar-refractivity contribution in [3.8, 4) is 0 Å². The van der Waals surface area contributed by atoms with Crippen LogP contribution in [0.1, 0.15) is 6.92 Å². The number of carbonyl (C=O) groups is 1. The van der Waals surface area contributed by atoms with E-state index < -0.39 is 12.0 Å². The number of halogens is 2. The van der Waals surface area contributed by atoms with Crippen LogP contribution in [0.3, 0.4) is 0 Å². The monoisotopic (exact) mass is 183 g/mol. The van der Waals surface area contributed by atoms with Gasteiger partial charge in [-0.05, 0) is 6.92 Å². The Kier molecular flexibility index (Phi) is 4.68. The first-order valence-electron chi connectivity index (χ1n) is 3.40. The minimum Gasteiger partial charge on any atom is -0.379 e. The van der Waals surface area contributed by atoms with Gasteiger partial charge in [-0.2, -0.15) is 8.78 Å². The van der Waals surface area contributed by atoms with Gasteiger partial charge < -0.3 is 15.2 Å². The number of primary amides is 1. The summed E-state index contributed by atoms with van der Waals surface area (Å²) in [7, 11) is 0. The molecule has 72 valence electrons. The fourth-order valence-corrected chi connectivity index (χ4v) is 0.444. The first-order valence-corrected chi connectivity index (χ1v) is 3.40. The number of hydrogen-bond donors (Lipinski definition) is 1. The minimum absolute atomic E-state index is 0.0133. The molecule has 0 aliphatic heterocycles. The van der Waals surface area contributed by atoms with Crippen molar-refractivity contribution in [1.29, 1.82) is 0 Å². The average Bonchev–Trinajstić information content (AvgIpc) is 1.98. The normalized spacial score (nSPS) is 11.6. The highest BCUT2D eigenvalue weighted by molar-refractivity contribution is 5.79. The quantitative estimate of drug-likeness (QED) is 0.595. The van der Waals surface area contributed by atoms with Crippen LogP contribution in [-0.2, 0) is 14.3 Å². The number of carbonyl (C=O) groups excluding carboxylic acids is 1. The van der Waals surface area contributed by atoms with Crippen LogP contribution in [0.4, 0.5) is 8.78 Å². The number of rotatable bonds is 6. The molecule has 0 unspecified atom stereocenters. The van der Waals surface area contributed by atoms with E-state index in [0.717, 1.165) is 0 Å². The van der Waals surface area contributed by atoms with Gasteiger partial charge in [-0.15, -0.1) is 0 Å². The number of hydrogen-bond acceptors (Lipinski definition) is 3. The van der Waals surface area contributed by atoms with Gasteiger partial charge in [0, 0.05) is 6.61 Å². The molecule has 0 saturated carbocycles. The first-order chi connectivity index (χ1) is 5.50. The molecular weight excluding hydrogens is 172 g/mol. The number of alkyl halides is 2. The van der Waals surface area contributed by atoms with Gasteiger partial charge in [-0.3, -0.25) is 4.79 Å². The Hall–Kier alpha value is -0.750. The largest absolute Gasteiger partial charge is 0.436 e. The summed E-state index contributed by atoms with van der Waals surface area (Å²) >= 11 is 0. The van der Waals surface area contributed by atoms with Crippen LogP contribution in [0.5, 0.6) is 0 Å². The molecule has 2 N–H and O–H groups in total. The molecule has 0 aliphatic carbocycles. The molecule has 6 heteroatoms. The fourth-order valence-electron chi connectivity index (χ4n) is 0.444. The molecule has 0 saturated heterocycles. The van der Waals surface area contributed by atoms with Crippen molar-refractivity contribution in [3.05, 3.63) is 0 Å². The maximum absolute atomic E-state index is 12.2. The van der Waals surface area contributed by atoms with E-state index >= 15 is 0 Å². The van der Waals surface area contributed by atoms with Crippen molar-refractivity contribution in [3.63, 3.8) is 0 Å². The number of ether oxygens (including phenoxy) is 2. The Morgan fingerprint density at radius 3 is 2.50 bits per heavy atom. The fraction of sp³-hybridized carbons (Fsp3) is 0.833. The highest BCUT2D eigenvalue weighted by atomic mass is 19.3. The molecule has 1 amide bonds. The van der Waals surface area contributed by atoms with Crippen LogP contribution in [0.25, 0.3) is 0 Å². The summed E-state index contributed by atoms with van der Waals surface area (Å²) in [6, 6.07) is 0. The molecule has 12 heavy (non-hydrogen) atoms. The van der Waals surface area contributed by atoms with Gasteiger partial charge in [0.1, 0.15) is 0 Å². The predicted molar refractivity (Wildman–Crippen MR) is 36.6 cm³/mol. The van der Waals surface area contributed by atoms with Crippen LogP contribution in [0.2, 0.25) is 0 Å². The Bertz CT molecular complexity index is 152. The lowest BCUT2D eigenvalue weighted by atomic mass is 10.6. The molecule has 0 heterocycles. The summed E-state index contributed by atoms with van der Waals surface area (Å²) in [5.41, 5.74) is 4.33. The van der Waals surface area contributed by atoms with Crippen LogP contribution in [-0.4, -0.2) is 31.8 Å². The number of nitrogens with two attached hydrogens (primary N) is 1. The zero-order valence-electron chi connectivity index (χ0n) is 6.68. The van der Waals surface area contributed by atoms with Gasteiger partial charge in [-0.1, -0.05) is 0 Å². The zero-order valence-corrected chi connectivity index (χ0v) is 6.68. The molecule has 0 fully saturated rings. The third kappa shape index (κ3) is 4.20. The third-order valence-electron chi connectivity index (χ3n) is 1.00. The lowest BCUT2D eigenvalue weighted by Gasteiger charge is -2.12. The maximum atomic E-state index is 12.2. The number of amides is 1. The lowest BCUT2D eigenvalue weighted by molar-refractivity contribution is -0.231. The molecule has 4 nitrogen and oxygen atoms in total. The second kappa shape index (κ2) is 5.00. The van der Waals surface area contributed by atoms with E-state index in [-0.39, 0.29) is 13.2 Å². The van der Waals surface area contributed by atoms with E-state index in [1.54, 1.807) is 6.92 Å². The van der Waals surface area contributed by atoms with Gasteiger partial charge in [0.25, 0.3) is 0 Å². The molecule has 0 aliphatic rings. The molecule has 0 radical (unpaired) electrons. The standard InChI is InChI=1S/C6H11F2NO3/c1-2-11-3-4-12-6(7,8)5(9)10/h2-4H2,1H3,(H2,9,10). The van der Waals surface area contributed by atoms with Crippen molar-refractivity contribution in [2.24, 2.45) is 5.73 Å². The van der Waals surface area contributed by atoms with Gasteiger partial charge >= 0.3 is 12.0 Å². The highest BCUT2D eigenvalue weighted by Crippen LogP contribution is 2.13. The summed E-state index contributed by atoms with van der Waals surface area (Å²) < 4.78 is 33.0. The van der Waals surface area contributed by atoms with Gasteiger partial charge in [-0.25, -0.2) is 0 Å². The van der Waals surface area contributed by atoms with Crippen molar-refractivity contribution in [2.75, 3.05) is 19.8 Å². The first kappa shape index (κ1) is 11.2. The molecule has 0 bridgehead atoms.